The highest BCUT2D eigenvalue weighted by Crippen LogP contribution is 2.39. The van der Waals surface area contributed by atoms with Crippen LogP contribution < -0.4 is 10.1 Å². The first-order valence-corrected chi connectivity index (χ1v) is 18.1. The molecule has 0 fully saturated rings. The summed E-state index contributed by atoms with van der Waals surface area (Å²) in [6.07, 6.45) is 0. The second kappa shape index (κ2) is 15.7. The van der Waals surface area contributed by atoms with E-state index in [9.17, 15) is 23.2 Å². The highest BCUT2D eigenvalue weighted by atomic mass is 32.2. The molecule has 0 heterocycles. The summed E-state index contributed by atoms with van der Waals surface area (Å²) >= 11 is 0. The standard InChI is InChI=1S/C40H37N7O6S/c1-23-18-37(25(3)16-35(23)44-42-33-14-6-27(22-48)20-39(33)54(50,51)52)46-47-38-19-24(2)36(17-26(38)4)45-43-34-15-7-28-21-30(10-13-32(28)40(34)49)41-29-8-11-31(53-5)12-9-29/h6-21,41,48-49H,22H2,1-5H3,(H,50,51,52). The maximum absolute atomic E-state index is 11.9. The Balaban J connectivity index is 1.17. The van der Waals surface area contributed by atoms with Crippen molar-refractivity contribution in [1.29, 1.82) is 0 Å². The molecule has 6 aromatic carbocycles. The van der Waals surface area contributed by atoms with Crippen LogP contribution >= 0.6 is 0 Å². The molecule has 0 spiro atoms. The molecule has 6 aromatic rings. The molecule has 0 atom stereocenters. The van der Waals surface area contributed by atoms with Gasteiger partial charge >= 0.3 is 0 Å². The van der Waals surface area contributed by atoms with Crippen LogP contribution in [0, 0.1) is 27.7 Å². The molecule has 0 saturated carbocycles. The van der Waals surface area contributed by atoms with Crippen molar-refractivity contribution < 1.29 is 27.9 Å². The Hall–Kier alpha value is -6.35. The molecule has 0 aliphatic rings. The third-order valence-electron chi connectivity index (χ3n) is 8.66. The van der Waals surface area contributed by atoms with E-state index in [1.165, 1.54) is 12.1 Å². The lowest BCUT2D eigenvalue weighted by molar-refractivity contribution is 0.281. The molecule has 13 nitrogen and oxygen atoms in total. The normalized spacial score (nSPS) is 12.1. The van der Waals surface area contributed by atoms with Crippen molar-refractivity contribution >= 4 is 66.4 Å². The highest BCUT2D eigenvalue weighted by Gasteiger charge is 2.17. The number of anilines is 2. The first kappa shape index (κ1) is 37.4. The van der Waals surface area contributed by atoms with Crippen LogP contribution in [0.25, 0.3) is 10.8 Å². The number of phenols is 1. The van der Waals surface area contributed by atoms with Crippen LogP contribution in [0.2, 0.25) is 0 Å². The van der Waals surface area contributed by atoms with Gasteiger partial charge in [-0.3, -0.25) is 4.55 Å². The number of aliphatic hydroxyl groups is 1. The van der Waals surface area contributed by atoms with Crippen LogP contribution in [-0.2, 0) is 16.7 Å². The monoisotopic (exact) mass is 743 g/mol. The van der Waals surface area contributed by atoms with E-state index >= 15 is 0 Å². The quantitative estimate of drug-likeness (QED) is 0.0749. The maximum atomic E-state index is 11.9. The molecule has 6 rings (SSSR count). The summed E-state index contributed by atoms with van der Waals surface area (Å²) < 4.78 is 38.6. The van der Waals surface area contributed by atoms with E-state index in [-0.39, 0.29) is 11.4 Å². The number of methoxy groups -OCH3 is 1. The van der Waals surface area contributed by atoms with E-state index in [0.717, 1.165) is 45.3 Å². The predicted molar refractivity (Wildman–Crippen MR) is 208 cm³/mol. The first-order chi connectivity index (χ1) is 25.8. The molecule has 0 saturated heterocycles. The van der Waals surface area contributed by atoms with Crippen molar-refractivity contribution in [1.82, 2.24) is 0 Å². The lowest BCUT2D eigenvalue weighted by Crippen LogP contribution is -1.99. The number of azo groups is 3. The number of fused-ring (bicyclic) bond motifs is 1. The minimum absolute atomic E-state index is 0.0322. The minimum atomic E-state index is -4.59. The van der Waals surface area contributed by atoms with Crippen LogP contribution in [0.15, 0.2) is 133 Å². The Kier molecular flexibility index (Phi) is 10.9. The van der Waals surface area contributed by atoms with E-state index in [0.29, 0.717) is 45.0 Å². The smallest absolute Gasteiger partial charge is 0.296 e. The van der Waals surface area contributed by atoms with Gasteiger partial charge in [0.2, 0.25) is 0 Å². The molecule has 0 unspecified atom stereocenters. The number of nitrogens with zero attached hydrogens (tertiary/aromatic N) is 6. The van der Waals surface area contributed by atoms with Gasteiger partial charge < -0.3 is 20.3 Å². The molecule has 4 N–H and O–H groups in total. The number of phenolic OH excluding ortho intramolecular Hbond substituents is 1. The van der Waals surface area contributed by atoms with E-state index in [1.807, 2.05) is 88.4 Å². The first-order valence-electron chi connectivity index (χ1n) is 16.7. The number of nitrogens with one attached hydrogen (secondary N) is 1. The number of aromatic hydroxyl groups is 1. The third kappa shape index (κ3) is 8.47. The van der Waals surface area contributed by atoms with E-state index in [4.69, 9.17) is 4.74 Å². The number of aliphatic hydroxyl groups excluding tert-OH is 1. The second-order valence-corrected chi connectivity index (χ2v) is 14.0. The molecule has 274 valence electrons. The SMILES string of the molecule is COc1ccc(Nc2ccc3c(O)c(N=Nc4cc(C)c(N=Nc5cc(C)c(N=Nc6ccc(CO)cc6S(=O)(=O)O)cc5C)cc4C)ccc3c2)cc1. The molecule has 14 heteroatoms. The van der Waals surface area contributed by atoms with Crippen LogP contribution in [0.1, 0.15) is 27.8 Å². The molecule has 0 aliphatic carbocycles. The Labute approximate surface area is 312 Å². The molecule has 0 aliphatic heterocycles. The molecule has 54 heavy (non-hydrogen) atoms. The van der Waals surface area contributed by atoms with E-state index < -0.39 is 21.6 Å². The van der Waals surface area contributed by atoms with Gasteiger partial charge in [-0.2, -0.15) is 28.9 Å². The van der Waals surface area contributed by atoms with Crippen molar-refractivity contribution in [3.63, 3.8) is 0 Å². The minimum Gasteiger partial charge on any atom is -0.505 e. The van der Waals surface area contributed by atoms with Gasteiger partial charge in [0.05, 0.1) is 36.5 Å². The number of aryl methyl sites for hydroxylation is 4. The summed E-state index contributed by atoms with van der Waals surface area (Å²) in [5.41, 5.74) is 7.81. The number of benzene rings is 6. The third-order valence-corrected chi connectivity index (χ3v) is 9.54. The van der Waals surface area contributed by atoms with Crippen LogP contribution in [0.5, 0.6) is 11.5 Å². The van der Waals surface area contributed by atoms with Gasteiger partial charge in [-0.05, 0) is 146 Å². The lowest BCUT2D eigenvalue weighted by Gasteiger charge is -2.10. The van der Waals surface area contributed by atoms with Gasteiger partial charge in [0.25, 0.3) is 10.1 Å². The van der Waals surface area contributed by atoms with Gasteiger partial charge in [-0.25, -0.2) is 0 Å². The Morgan fingerprint density at radius 1 is 0.593 bits per heavy atom. The maximum Gasteiger partial charge on any atom is 0.296 e. The Bertz CT molecular complexity index is 2590. The van der Waals surface area contributed by atoms with Crippen LogP contribution in [-0.4, -0.2) is 30.3 Å². The van der Waals surface area contributed by atoms with Crippen molar-refractivity contribution in [3.05, 3.63) is 125 Å². The number of ether oxygens (including phenoxy) is 1. The molecular weight excluding hydrogens is 707 g/mol. The topological polar surface area (TPSA) is 190 Å². The van der Waals surface area contributed by atoms with E-state index in [2.05, 4.69) is 36.0 Å². The Morgan fingerprint density at radius 2 is 1.07 bits per heavy atom. The summed E-state index contributed by atoms with van der Waals surface area (Å²) in [5.74, 6) is 0.807. The zero-order valence-corrected chi connectivity index (χ0v) is 30.9. The number of rotatable bonds is 11. The highest BCUT2D eigenvalue weighted by molar-refractivity contribution is 7.86. The summed E-state index contributed by atoms with van der Waals surface area (Å²) in [4.78, 5) is -0.448. The summed E-state index contributed by atoms with van der Waals surface area (Å²) in [7, 11) is -2.96. The molecule has 0 radical (unpaired) electrons. The predicted octanol–water partition coefficient (Wildman–Crippen LogP) is 11.5. The molecular formula is C40H37N7O6S. The van der Waals surface area contributed by atoms with Gasteiger partial charge in [-0.1, -0.05) is 12.1 Å². The van der Waals surface area contributed by atoms with Crippen molar-refractivity contribution in [2.75, 3.05) is 12.4 Å². The average Bonchev–Trinajstić information content (AvgIpc) is 3.15. The van der Waals surface area contributed by atoms with Crippen LogP contribution in [0.4, 0.5) is 45.5 Å². The zero-order valence-electron chi connectivity index (χ0n) is 30.1. The summed E-state index contributed by atoms with van der Waals surface area (Å²) in [6, 6.07) is 28.2. The van der Waals surface area contributed by atoms with Crippen molar-refractivity contribution in [3.8, 4) is 11.5 Å². The fourth-order valence-electron chi connectivity index (χ4n) is 5.57. The average molecular weight is 744 g/mol. The largest absolute Gasteiger partial charge is 0.505 e. The second-order valence-electron chi connectivity index (χ2n) is 12.6. The van der Waals surface area contributed by atoms with E-state index in [1.54, 1.807) is 25.3 Å². The lowest BCUT2D eigenvalue weighted by atomic mass is 10.1. The number of hydrogen-bond donors (Lipinski definition) is 4. The van der Waals surface area contributed by atoms with Crippen molar-refractivity contribution in [2.45, 2.75) is 39.2 Å². The van der Waals surface area contributed by atoms with Gasteiger partial charge in [0.15, 0.2) is 5.75 Å². The van der Waals surface area contributed by atoms with Crippen LogP contribution in [0.3, 0.4) is 0 Å². The van der Waals surface area contributed by atoms with Gasteiger partial charge in [-0.15, -0.1) is 10.2 Å². The molecule has 0 bridgehead atoms. The Morgan fingerprint density at radius 3 is 1.57 bits per heavy atom. The molecule has 0 aromatic heterocycles. The van der Waals surface area contributed by atoms with Gasteiger partial charge in [0.1, 0.15) is 22.0 Å². The van der Waals surface area contributed by atoms with Gasteiger partial charge in [0, 0.05) is 16.8 Å². The summed E-state index contributed by atoms with van der Waals surface area (Å²) in [6.45, 7) is 7.05. The van der Waals surface area contributed by atoms with Crippen molar-refractivity contribution in [2.24, 2.45) is 30.7 Å². The fourth-order valence-corrected chi connectivity index (χ4v) is 6.25. The summed E-state index contributed by atoms with van der Waals surface area (Å²) in [5, 5.41) is 51.3. The number of hydrogen-bond acceptors (Lipinski definition) is 12. The fraction of sp³-hybridized carbons (Fsp3) is 0.150. The molecule has 0 amide bonds. The zero-order chi connectivity index (χ0) is 38.6.